The molecule has 8 heteroatoms. The number of aliphatic hydroxyl groups excluding tert-OH is 1. The maximum absolute atomic E-state index is 13.9. The Hall–Kier alpha value is -3.78. The molecule has 0 bridgehead atoms. The summed E-state index contributed by atoms with van der Waals surface area (Å²) in [5.74, 6) is -0.449. The van der Waals surface area contributed by atoms with E-state index >= 15 is 0 Å². The van der Waals surface area contributed by atoms with Crippen molar-refractivity contribution in [2.75, 3.05) is 39.9 Å². The molecule has 8 nitrogen and oxygen atoms in total. The lowest BCUT2D eigenvalue weighted by molar-refractivity contribution is -0.129. The van der Waals surface area contributed by atoms with Gasteiger partial charge in [0.05, 0.1) is 25.3 Å². The van der Waals surface area contributed by atoms with E-state index in [9.17, 15) is 14.7 Å². The van der Waals surface area contributed by atoms with Crippen molar-refractivity contribution in [3.63, 3.8) is 0 Å². The van der Waals surface area contributed by atoms with Crippen LogP contribution in [0.3, 0.4) is 0 Å². The van der Waals surface area contributed by atoms with Gasteiger partial charge in [-0.15, -0.1) is 0 Å². The van der Waals surface area contributed by atoms with Gasteiger partial charge in [-0.2, -0.15) is 0 Å². The van der Waals surface area contributed by atoms with Crippen LogP contribution >= 0.6 is 0 Å². The summed E-state index contributed by atoms with van der Waals surface area (Å²) in [4.78, 5) is 31.2. The average Bonchev–Trinajstić information content (AvgIpc) is 3.50. The van der Waals surface area contributed by atoms with Crippen LogP contribution in [0.4, 0.5) is 0 Å². The molecule has 1 atom stereocenters. The Balaban J connectivity index is 1.71. The number of unbranched alkanes of at least 4 members (excludes halogenated alkanes) is 1. The van der Waals surface area contributed by atoms with Crippen molar-refractivity contribution in [1.82, 2.24) is 9.80 Å². The summed E-state index contributed by atoms with van der Waals surface area (Å²) >= 11 is 0. The van der Waals surface area contributed by atoms with E-state index in [1.807, 2.05) is 36.4 Å². The number of carbonyl (C=O) groups is 2. The molecule has 0 radical (unpaired) electrons. The number of amides is 1. The number of aliphatic hydroxyl groups is 1. The molecule has 0 aliphatic carbocycles. The Morgan fingerprint density at radius 2 is 1.85 bits per heavy atom. The number of hydrogen-bond acceptors (Lipinski definition) is 7. The van der Waals surface area contributed by atoms with Crippen molar-refractivity contribution in [1.29, 1.82) is 0 Å². The van der Waals surface area contributed by atoms with Crippen LogP contribution in [0.5, 0.6) is 11.5 Å². The SMILES string of the molecule is CCCCOc1cccc(C2C(C(=O)c3cc4cccc(OC)c4o3)=C(O)C(=O)N2CCCN(CC)CC)c1. The molecule has 1 aliphatic rings. The van der Waals surface area contributed by atoms with Crippen LogP contribution < -0.4 is 9.47 Å². The summed E-state index contributed by atoms with van der Waals surface area (Å²) < 4.78 is 17.2. The normalized spacial score (nSPS) is 15.6. The molecule has 3 aromatic rings. The van der Waals surface area contributed by atoms with Crippen molar-refractivity contribution in [3.8, 4) is 11.5 Å². The van der Waals surface area contributed by atoms with Gasteiger partial charge >= 0.3 is 0 Å². The Bertz CT molecular complexity index is 1340. The van der Waals surface area contributed by atoms with Gasteiger partial charge < -0.3 is 28.8 Å². The maximum atomic E-state index is 13.9. The van der Waals surface area contributed by atoms with E-state index in [2.05, 4.69) is 25.7 Å². The van der Waals surface area contributed by atoms with Gasteiger partial charge in [-0.1, -0.05) is 51.5 Å². The number of rotatable bonds is 14. The first kappa shape index (κ1) is 28.2. The van der Waals surface area contributed by atoms with Crippen molar-refractivity contribution in [3.05, 3.63) is 71.2 Å². The predicted octanol–water partition coefficient (Wildman–Crippen LogP) is 5.93. The number of para-hydroxylation sites is 1. The topological polar surface area (TPSA) is 92.4 Å². The number of fused-ring (bicyclic) bond motifs is 1. The number of benzene rings is 2. The summed E-state index contributed by atoms with van der Waals surface area (Å²) in [7, 11) is 1.53. The van der Waals surface area contributed by atoms with Crippen LogP contribution in [-0.2, 0) is 4.79 Å². The third-order valence-corrected chi connectivity index (χ3v) is 7.21. The number of nitrogens with zero attached hydrogens (tertiary/aromatic N) is 2. The van der Waals surface area contributed by atoms with Gasteiger partial charge in [0.25, 0.3) is 5.91 Å². The van der Waals surface area contributed by atoms with Crippen molar-refractivity contribution < 1.29 is 28.6 Å². The number of hydrogen-bond donors (Lipinski definition) is 1. The Labute approximate surface area is 229 Å². The summed E-state index contributed by atoms with van der Waals surface area (Å²) in [5.41, 5.74) is 1.14. The second-order valence-corrected chi connectivity index (χ2v) is 9.64. The van der Waals surface area contributed by atoms with Crippen LogP contribution in [0, 0.1) is 0 Å². The minimum Gasteiger partial charge on any atom is -0.503 e. The summed E-state index contributed by atoms with van der Waals surface area (Å²) in [5, 5.41) is 11.8. The van der Waals surface area contributed by atoms with Crippen LogP contribution in [0.2, 0.25) is 0 Å². The molecule has 39 heavy (non-hydrogen) atoms. The Morgan fingerprint density at radius 1 is 1.08 bits per heavy atom. The molecule has 208 valence electrons. The van der Waals surface area contributed by atoms with Crippen molar-refractivity contribution in [2.24, 2.45) is 0 Å². The summed E-state index contributed by atoms with van der Waals surface area (Å²) in [6.45, 7) is 9.88. The smallest absolute Gasteiger partial charge is 0.290 e. The number of methoxy groups -OCH3 is 1. The zero-order valence-electron chi connectivity index (χ0n) is 23.2. The van der Waals surface area contributed by atoms with E-state index in [1.165, 1.54) is 7.11 Å². The first-order valence-electron chi connectivity index (χ1n) is 13.7. The molecule has 2 heterocycles. The molecule has 2 aromatic carbocycles. The van der Waals surface area contributed by atoms with Crippen molar-refractivity contribution >= 4 is 22.7 Å². The molecule has 1 N–H and O–H groups in total. The minimum atomic E-state index is -0.772. The molecular formula is C31H38N2O6. The number of furan rings is 1. The summed E-state index contributed by atoms with van der Waals surface area (Å²) in [6.07, 6.45) is 2.63. The molecule has 1 aliphatic heterocycles. The second kappa shape index (κ2) is 12.8. The number of carbonyl (C=O) groups excluding carboxylic acids is 2. The quantitative estimate of drug-likeness (QED) is 0.202. The fourth-order valence-electron chi connectivity index (χ4n) is 5.02. The highest BCUT2D eigenvalue weighted by atomic mass is 16.5. The van der Waals surface area contributed by atoms with E-state index in [1.54, 1.807) is 17.0 Å². The predicted molar refractivity (Wildman–Crippen MR) is 150 cm³/mol. The first-order valence-corrected chi connectivity index (χ1v) is 13.7. The first-order chi connectivity index (χ1) is 18.9. The van der Waals surface area contributed by atoms with Gasteiger partial charge in [0.15, 0.2) is 22.9 Å². The van der Waals surface area contributed by atoms with Gasteiger partial charge in [-0.3, -0.25) is 9.59 Å². The van der Waals surface area contributed by atoms with Crippen molar-refractivity contribution in [2.45, 2.75) is 46.1 Å². The molecule has 0 fully saturated rings. The molecule has 0 saturated heterocycles. The fourth-order valence-corrected chi connectivity index (χ4v) is 5.02. The van der Waals surface area contributed by atoms with E-state index in [4.69, 9.17) is 13.9 Å². The monoisotopic (exact) mass is 534 g/mol. The zero-order valence-corrected chi connectivity index (χ0v) is 23.2. The molecule has 4 rings (SSSR count). The average molecular weight is 535 g/mol. The van der Waals surface area contributed by atoms with E-state index in [0.29, 0.717) is 47.6 Å². The van der Waals surface area contributed by atoms with E-state index < -0.39 is 23.5 Å². The highest BCUT2D eigenvalue weighted by Gasteiger charge is 2.44. The standard InChI is InChI=1S/C31H38N2O6/c1-5-8-18-38-23-14-9-12-21(19-23)27-26(29(35)31(36)33(27)17-11-16-32(6-2)7-3)28(34)25-20-22-13-10-15-24(37-4)30(22)39-25/h9-10,12-15,19-20,27,35H,5-8,11,16-18H2,1-4H3. The molecule has 0 spiro atoms. The Kier molecular flexibility index (Phi) is 9.30. The fraction of sp³-hybridized carbons (Fsp3) is 0.419. The van der Waals surface area contributed by atoms with Gasteiger partial charge in [-0.25, -0.2) is 0 Å². The molecule has 1 unspecified atom stereocenters. The lowest BCUT2D eigenvalue weighted by atomic mass is 9.94. The number of ether oxygens (including phenoxy) is 2. The van der Waals surface area contributed by atoms with E-state index in [0.717, 1.165) is 32.5 Å². The minimum absolute atomic E-state index is 0.00608. The van der Waals surface area contributed by atoms with Crippen LogP contribution in [0.25, 0.3) is 11.0 Å². The largest absolute Gasteiger partial charge is 0.503 e. The second-order valence-electron chi connectivity index (χ2n) is 9.64. The maximum Gasteiger partial charge on any atom is 0.290 e. The highest BCUT2D eigenvalue weighted by Crippen LogP contribution is 2.41. The zero-order chi connectivity index (χ0) is 27.9. The van der Waals surface area contributed by atoms with Gasteiger partial charge in [0, 0.05) is 11.9 Å². The lowest BCUT2D eigenvalue weighted by Crippen LogP contribution is -2.34. The molecular weight excluding hydrogens is 496 g/mol. The summed E-state index contributed by atoms with van der Waals surface area (Å²) in [6, 6.07) is 13.6. The third kappa shape index (κ3) is 5.96. The third-order valence-electron chi connectivity index (χ3n) is 7.21. The molecule has 1 amide bonds. The van der Waals surface area contributed by atoms with Gasteiger partial charge in [0.2, 0.25) is 5.78 Å². The molecule has 1 aromatic heterocycles. The van der Waals surface area contributed by atoms with E-state index in [-0.39, 0.29) is 11.3 Å². The number of ketones is 1. The van der Waals surface area contributed by atoms with Gasteiger partial charge in [0.1, 0.15) is 5.75 Å². The highest BCUT2D eigenvalue weighted by molar-refractivity contribution is 6.16. The van der Waals surface area contributed by atoms with Gasteiger partial charge in [-0.05, 0) is 62.3 Å². The lowest BCUT2D eigenvalue weighted by Gasteiger charge is -2.28. The Morgan fingerprint density at radius 3 is 2.56 bits per heavy atom. The van der Waals surface area contributed by atoms with Crippen LogP contribution in [0.15, 0.2) is 64.3 Å². The van der Waals surface area contributed by atoms with Crippen LogP contribution in [0.1, 0.15) is 62.2 Å². The number of Topliss-reactive ketones (excluding diaryl/α,β-unsaturated/α-hetero) is 1. The molecule has 0 saturated carbocycles. The van der Waals surface area contributed by atoms with Crippen LogP contribution in [-0.4, -0.2) is 66.5 Å².